The van der Waals surface area contributed by atoms with Crippen molar-refractivity contribution in [2.75, 3.05) is 6.61 Å². The Balaban J connectivity index is 1.15. The number of hydrogen-bond donors (Lipinski definition) is 0. The van der Waals surface area contributed by atoms with Crippen LogP contribution >= 0.6 is 0 Å². The van der Waals surface area contributed by atoms with Crippen LogP contribution in [0.1, 0.15) is 20.7 Å². The number of nitrogens with zero attached hydrogens (tertiary/aromatic N) is 3. The molecule has 0 atom stereocenters. The summed E-state index contributed by atoms with van der Waals surface area (Å²) < 4.78 is 11.0. The van der Waals surface area contributed by atoms with Crippen LogP contribution in [0.2, 0.25) is 0 Å². The van der Waals surface area contributed by atoms with Gasteiger partial charge in [-0.3, -0.25) is 14.9 Å². The number of esters is 1. The quantitative estimate of drug-likeness (QED) is 0.0737. The third-order valence-electron chi connectivity index (χ3n) is 6.79. The molecule has 0 bridgehead atoms. The van der Waals surface area contributed by atoms with Gasteiger partial charge in [0.15, 0.2) is 12.4 Å². The van der Waals surface area contributed by atoms with E-state index in [1.54, 1.807) is 42.5 Å². The lowest BCUT2D eigenvalue weighted by Crippen LogP contribution is -2.14. The van der Waals surface area contributed by atoms with Crippen LogP contribution in [0, 0.1) is 10.1 Å². The number of non-ortho nitro benzene ring substituents is 1. The second-order valence-electron chi connectivity index (χ2n) is 9.73. The predicted octanol–water partition coefficient (Wildman–Crippen LogP) is 7.70. The van der Waals surface area contributed by atoms with E-state index in [4.69, 9.17) is 19.4 Å². The third kappa shape index (κ3) is 6.17. The number of nitro groups is 1. The summed E-state index contributed by atoms with van der Waals surface area (Å²) in [6.07, 6.45) is 0. The molecule has 0 spiro atoms. The fraction of sp³-hybridized carbons (Fsp3) is 0.0286. The molecule has 0 aliphatic rings. The number of fused-ring (bicyclic) bond motifs is 1. The fourth-order valence-electron chi connectivity index (χ4n) is 4.55. The van der Waals surface area contributed by atoms with Crippen LogP contribution in [0.5, 0.6) is 11.5 Å². The number of ketones is 1. The Morgan fingerprint density at radius 2 is 1.16 bits per heavy atom. The zero-order valence-corrected chi connectivity index (χ0v) is 23.1. The molecule has 9 nitrogen and oxygen atoms in total. The van der Waals surface area contributed by atoms with Crippen molar-refractivity contribution in [1.82, 2.24) is 9.97 Å². The molecule has 0 aliphatic heterocycles. The van der Waals surface area contributed by atoms with Crippen molar-refractivity contribution >= 4 is 28.5 Å². The van der Waals surface area contributed by atoms with Crippen molar-refractivity contribution in [3.05, 3.63) is 149 Å². The van der Waals surface area contributed by atoms with Crippen LogP contribution in [-0.4, -0.2) is 33.3 Å². The average Bonchev–Trinajstić information content (AvgIpc) is 3.07. The maximum Gasteiger partial charge on any atom is 0.338 e. The van der Waals surface area contributed by atoms with Crippen molar-refractivity contribution in [3.63, 3.8) is 0 Å². The number of carbonyl (C=O) groups excluding carboxylic acids is 2. The Morgan fingerprint density at radius 1 is 0.636 bits per heavy atom. The summed E-state index contributed by atoms with van der Waals surface area (Å²) >= 11 is 0. The maximum absolute atomic E-state index is 12.9. The molecular formula is C35H23N3O6. The first-order valence-electron chi connectivity index (χ1n) is 13.6. The third-order valence-corrected chi connectivity index (χ3v) is 6.79. The molecule has 6 rings (SSSR count). The molecule has 5 aromatic carbocycles. The highest BCUT2D eigenvalue weighted by molar-refractivity contribution is 6.00. The van der Waals surface area contributed by atoms with Crippen LogP contribution in [0.25, 0.3) is 33.5 Å². The van der Waals surface area contributed by atoms with Gasteiger partial charge in [-0.05, 0) is 54.6 Å². The summed E-state index contributed by atoms with van der Waals surface area (Å²) in [5.41, 5.74) is 4.91. The first kappa shape index (κ1) is 27.9. The van der Waals surface area contributed by atoms with E-state index in [-0.39, 0.29) is 17.0 Å². The van der Waals surface area contributed by atoms with Crippen molar-refractivity contribution < 1.29 is 24.0 Å². The van der Waals surface area contributed by atoms with Gasteiger partial charge in [0.05, 0.1) is 32.9 Å². The molecule has 0 N–H and O–H groups in total. The van der Waals surface area contributed by atoms with E-state index in [1.165, 1.54) is 24.3 Å². The number of aromatic nitrogens is 2. The molecule has 0 amide bonds. The first-order chi connectivity index (χ1) is 21.4. The monoisotopic (exact) mass is 581 g/mol. The molecule has 1 aromatic heterocycles. The normalized spacial score (nSPS) is 10.7. The van der Waals surface area contributed by atoms with Crippen molar-refractivity contribution in [2.45, 2.75) is 0 Å². The number of rotatable bonds is 9. The van der Waals surface area contributed by atoms with Gasteiger partial charge in [-0.2, -0.15) is 0 Å². The molecule has 0 saturated heterocycles. The number of benzene rings is 5. The second-order valence-corrected chi connectivity index (χ2v) is 9.73. The van der Waals surface area contributed by atoms with Gasteiger partial charge in [0.2, 0.25) is 0 Å². The van der Waals surface area contributed by atoms with Crippen molar-refractivity contribution in [3.8, 4) is 34.0 Å². The van der Waals surface area contributed by atoms with Crippen LogP contribution in [0.15, 0.2) is 127 Å². The minimum atomic E-state index is -0.659. The maximum atomic E-state index is 12.9. The largest absolute Gasteiger partial charge is 0.457 e. The molecule has 44 heavy (non-hydrogen) atoms. The van der Waals surface area contributed by atoms with Crippen molar-refractivity contribution in [2.24, 2.45) is 0 Å². The molecule has 9 heteroatoms. The van der Waals surface area contributed by atoms with E-state index in [0.29, 0.717) is 33.8 Å². The number of Topliss-reactive ketones (excluding diaryl/α,β-unsaturated/α-hetero) is 1. The van der Waals surface area contributed by atoms with Gasteiger partial charge in [-0.25, -0.2) is 14.8 Å². The minimum Gasteiger partial charge on any atom is -0.457 e. The lowest BCUT2D eigenvalue weighted by Gasteiger charge is -2.11. The molecule has 1 heterocycles. The zero-order chi connectivity index (χ0) is 30.5. The highest BCUT2D eigenvalue weighted by Gasteiger charge is 2.17. The van der Waals surface area contributed by atoms with Crippen molar-refractivity contribution in [1.29, 1.82) is 0 Å². The highest BCUT2D eigenvalue weighted by Crippen LogP contribution is 2.31. The minimum absolute atomic E-state index is 0.0430. The van der Waals surface area contributed by atoms with Gasteiger partial charge in [-0.15, -0.1) is 0 Å². The van der Waals surface area contributed by atoms with E-state index in [2.05, 4.69) is 0 Å². The molecule has 214 valence electrons. The second kappa shape index (κ2) is 12.3. The number of hydrogen-bond acceptors (Lipinski definition) is 8. The van der Waals surface area contributed by atoms with Gasteiger partial charge in [-0.1, -0.05) is 60.7 Å². The smallest absolute Gasteiger partial charge is 0.338 e. The van der Waals surface area contributed by atoms with Gasteiger partial charge in [0, 0.05) is 28.8 Å². The van der Waals surface area contributed by atoms with Gasteiger partial charge >= 0.3 is 5.97 Å². The summed E-state index contributed by atoms with van der Waals surface area (Å²) in [6, 6.07) is 36.4. The average molecular weight is 582 g/mol. The molecular weight excluding hydrogens is 558 g/mol. The van der Waals surface area contributed by atoms with Crippen LogP contribution in [0.4, 0.5) is 5.69 Å². The first-order valence-corrected chi connectivity index (χ1v) is 13.6. The Labute approximate surface area is 251 Å². The Morgan fingerprint density at radius 3 is 1.73 bits per heavy atom. The summed E-state index contributed by atoms with van der Waals surface area (Å²) in [5.74, 6) is -0.195. The number of ether oxygens (including phenoxy) is 2. The Hall–Kier alpha value is -6.22. The Bertz CT molecular complexity index is 1980. The van der Waals surface area contributed by atoms with E-state index < -0.39 is 17.5 Å². The van der Waals surface area contributed by atoms with Crippen LogP contribution < -0.4 is 4.74 Å². The SMILES string of the molecule is O=C(COC(=O)c1ccc2nc(-c3ccccc3)c(-c3ccccc3)nc2c1)c1ccc(Oc2ccc([N+](=O)[O-])cc2)cc1. The highest BCUT2D eigenvalue weighted by atomic mass is 16.6. The summed E-state index contributed by atoms with van der Waals surface area (Å²) in [5, 5.41) is 10.8. The topological polar surface area (TPSA) is 122 Å². The molecule has 0 aliphatic carbocycles. The molecule has 0 fully saturated rings. The van der Waals surface area contributed by atoms with Gasteiger partial charge in [0.25, 0.3) is 5.69 Å². The molecule has 0 saturated carbocycles. The number of nitro benzene ring substituents is 1. The van der Waals surface area contributed by atoms with E-state index in [9.17, 15) is 19.7 Å². The predicted molar refractivity (Wildman–Crippen MR) is 165 cm³/mol. The fourth-order valence-corrected chi connectivity index (χ4v) is 4.55. The van der Waals surface area contributed by atoms with Crippen LogP contribution in [0.3, 0.4) is 0 Å². The van der Waals surface area contributed by atoms with Gasteiger partial charge in [0.1, 0.15) is 11.5 Å². The van der Waals surface area contributed by atoms with Crippen LogP contribution in [-0.2, 0) is 4.74 Å². The number of carbonyl (C=O) groups is 2. The molecule has 0 radical (unpaired) electrons. The van der Waals surface area contributed by atoms with E-state index in [1.807, 2.05) is 60.7 Å². The molecule has 6 aromatic rings. The molecule has 0 unspecified atom stereocenters. The summed E-state index contributed by atoms with van der Waals surface area (Å²) in [6.45, 7) is -0.451. The van der Waals surface area contributed by atoms with E-state index in [0.717, 1.165) is 16.8 Å². The lowest BCUT2D eigenvalue weighted by atomic mass is 10.0. The standard InChI is InChI=1S/C35H23N3O6/c39-32(23-11-16-28(17-12-23)44-29-18-14-27(15-19-29)38(41)42)22-43-35(40)26-13-20-30-31(21-26)37-34(25-9-5-2-6-10-25)33(36-30)24-7-3-1-4-8-24/h1-21H,22H2. The summed E-state index contributed by atoms with van der Waals surface area (Å²) in [4.78, 5) is 45.7. The van der Waals surface area contributed by atoms with E-state index >= 15 is 0 Å². The lowest BCUT2D eigenvalue weighted by molar-refractivity contribution is -0.384. The zero-order valence-electron chi connectivity index (χ0n) is 23.1. The Kier molecular flexibility index (Phi) is 7.83. The van der Waals surface area contributed by atoms with Gasteiger partial charge < -0.3 is 9.47 Å². The summed E-state index contributed by atoms with van der Waals surface area (Å²) in [7, 11) is 0.